The number of nitrogens with zero attached hydrogens (tertiary/aromatic N) is 16. The van der Waals surface area contributed by atoms with E-state index >= 15 is 0 Å². The molecule has 3 saturated heterocycles. The maximum absolute atomic E-state index is 13.8. The van der Waals surface area contributed by atoms with Crippen LogP contribution < -0.4 is 47.9 Å². The number of piperazine rings is 1. The van der Waals surface area contributed by atoms with Crippen LogP contribution in [0.5, 0.6) is 0 Å². The van der Waals surface area contributed by atoms with Gasteiger partial charge in [-0.25, -0.2) is 15.0 Å². The molecule has 8 aromatic rings. The summed E-state index contributed by atoms with van der Waals surface area (Å²) in [6.45, 7) is 22.3. The van der Waals surface area contributed by atoms with E-state index in [0.29, 0.717) is 82.0 Å². The Labute approximate surface area is 728 Å². The molecule has 0 aliphatic carbocycles. The highest BCUT2D eigenvalue weighted by atomic mass is 35.5. The van der Waals surface area contributed by atoms with Crippen molar-refractivity contribution in [2.24, 2.45) is 40.2 Å². The number of piperidine rings is 2. The van der Waals surface area contributed by atoms with Crippen molar-refractivity contribution in [2.75, 3.05) is 186 Å². The fourth-order valence-corrected chi connectivity index (χ4v) is 16.6. The minimum Gasteiger partial charge on any atom is -0.378 e. The summed E-state index contributed by atoms with van der Waals surface area (Å²) in [5.74, 6) is -2.13. The molecule has 0 bridgehead atoms. The lowest BCUT2D eigenvalue weighted by atomic mass is 9.99. The fraction of sp³-hybridized carbons (Fsp3) is 0.530. The minimum absolute atomic E-state index is 0.00181. The van der Waals surface area contributed by atoms with Crippen molar-refractivity contribution < 1.29 is 66.8 Å². The van der Waals surface area contributed by atoms with Gasteiger partial charge in [-0.3, -0.25) is 62.5 Å². The van der Waals surface area contributed by atoms with E-state index in [1.807, 2.05) is 31.2 Å². The van der Waals surface area contributed by atoms with Crippen LogP contribution >= 0.6 is 22.9 Å². The number of nitrogens with one attached hydrogen (secondary N) is 9. The lowest BCUT2D eigenvalue weighted by Crippen LogP contribution is -2.53. The van der Waals surface area contributed by atoms with Crippen LogP contribution in [0.3, 0.4) is 0 Å². The average Bonchev–Trinajstić information content (AvgIpc) is 1.59. The second-order valence-electron chi connectivity index (χ2n) is 31.1. The van der Waals surface area contributed by atoms with Gasteiger partial charge < -0.3 is 104 Å². The molecule has 41 heteroatoms. The summed E-state index contributed by atoms with van der Waals surface area (Å²) in [7, 11) is 8.08. The summed E-state index contributed by atoms with van der Waals surface area (Å²) in [6.07, 6.45) is 13.1. The molecule has 1 atom stereocenters. The Balaban J connectivity index is 0.418. The van der Waals surface area contributed by atoms with Gasteiger partial charge in [0.05, 0.1) is 89.6 Å². The summed E-state index contributed by atoms with van der Waals surface area (Å²) >= 11 is 7.99. The first-order chi connectivity index (χ1) is 59.9. The Hall–Kier alpha value is -10.9. The number of fused-ring (bicyclic) bond motifs is 3. The van der Waals surface area contributed by atoms with Gasteiger partial charge in [-0.15, -0.1) is 21.5 Å². The van der Waals surface area contributed by atoms with Gasteiger partial charge >= 0.3 is 0 Å². The molecule has 39 nitrogen and oxygen atoms in total. The number of halogens is 1. The Morgan fingerprint density at radius 2 is 0.984 bits per heavy atom. The van der Waals surface area contributed by atoms with Gasteiger partial charge in [-0.2, -0.15) is 0 Å². The van der Waals surface area contributed by atoms with Crippen LogP contribution in [0.2, 0.25) is 5.02 Å². The normalized spacial score (nSPS) is 15.5. The summed E-state index contributed by atoms with van der Waals surface area (Å²) in [6, 6.07) is 10.9. The van der Waals surface area contributed by atoms with Crippen molar-refractivity contribution in [3.05, 3.63) is 141 Å². The number of hydrogen-bond donors (Lipinski definition) is 9. The molecule has 9 amide bonds. The van der Waals surface area contributed by atoms with E-state index < -0.39 is 47.4 Å². The molecule has 3 fully saturated rings. The van der Waals surface area contributed by atoms with Crippen molar-refractivity contribution in [3.63, 3.8) is 0 Å². The summed E-state index contributed by atoms with van der Waals surface area (Å²) < 4.78 is 38.7. The lowest BCUT2D eigenvalue weighted by Gasteiger charge is -2.42. The number of ether oxygens (including phenoxy) is 5. The number of aryl methyl sites for hydroxylation is 7. The second kappa shape index (κ2) is 45.1. The smallest absolute Gasteiger partial charge is 0.291 e. The number of benzene rings is 1. The number of aliphatic imine (C=N–C) groups is 1. The average molecular weight is 1750 g/mol. The number of rotatable bonds is 44. The molecular formula is C83H114ClN25O14S. The maximum Gasteiger partial charge on any atom is 0.291 e. The zero-order chi connectivity index (χ0) is 87.8. The van der Waals surface area contributed by atoms with Gasteiger partial charge in [0.25, 0.3) is 29.5 Å². The molecule has 124 heavy (non-hydrogen) atoms. The molecule has 12 rings (SSSR count). The third kappa shape index (κ3) is 25.9. The van der Waals surface area contributed by atoms with E-state index in [-0.39, 0.29) is 123 Å². The Kier molecular flexibility index (Phi) is 33.6. The third-order valence-electron chi connectivity index (χ3n) is 22.1. The summed E-state index contributed by atoms with van der Waals surface area (Å²) in [4.78, 5) is 146. The van der Waals surface area contributed by atoms with E-state index in [9.17, 15) is 43.2 Å². The van der Waals surface area contributed by atoms with Gasteiger partial charge in [-0.05, 0) is 89.4 Å². The first kappa shape index (κ1) is 92.3. The number of thiophene rings is 1. The quantitative estimate of drug-likeness (QED) is 0.0245. The molecule has 1 aromatic carbocycles. The van der Waals surface area contributed by atoms with Crippen LogP contribution in [-0.2, 0) is 78.1 Å². The summed E-state index contributed by atoms with van der Waals surface area (Å²) in [5.41, 5.74) is 5.06. The van der Waals surface area contributed by atoms with Crippen molar-refractivity contribution in [1.29, 1.82) is 0 Å². The standard InChI is InChI=1S/C83H114ClN25O14S/c1-54-55(2)124-83-72(54)73(57-9-11-58(84)12-10-57)93-63(74-99-98-56(3)109(74)83)49-71(113)90-59-16-25-105(26-17-59)34-38-120-42-43-121-39-35-106-27-18-62(19-28-106)108-32-30-107(31-33-108)36-40-122-44-46-123-45-41-119-37-24-85-68(110)13-20-89-80(116)76-96-66(52-103(76)7)94-69(111)14-21-88-79(115)65-48-61(51-102(65)6)92-82(118)77-97-67(53-104(77)8)95-70(112)15-22-87-78(114)64-47-60(50-101(64)5)91-81(117)75-86-23-29-100(75)4/h9-12,23,29,47-48,50-53,59,62-63H,13-22,24-28,30-46,49H2,1-8H3,(H,85,110)(H,87,114)(H,88,115)(H,89,116)(H,90,113)(H,91,117)(H,92,118)(H,94,111)(H,95,112)/t63-/m0/s1. The van der Waals surface area contributed by atoms with E-state index in [1.54, 1.807) is 63.5 Å². The van der Waals surface area contributed by atoms with Crippen LogP contribution in [-0.4, -0.2) is 307 Å². The minimum atomic E-state index is -0.634. The van der Waals surface area contributed by atoms with Gasteiger partial charge in [0, 0.05) is 210 Å². The van der Waals surface area contributed by atoms with Gasteiger partial charge in [0.1, 0.15) is 28.3 Å². The van der Waals surface area contributed by atoms with Crippen molar-refractivity contribution >= 4 is 105 Å². The first-order valence-corrected chi connectivity index (χ1v) is 43.2. The van der Waals surface area contributed by atoms with E-state index in [2.05, 4.69) is 111 Å². The zero-order valence-corrected chi connectivity index (χ0v) is 73.2. The highest BCUT2D eigenvalue weighted by molar-refractivity contribution is 7.15. The third-order valence-corrected chi connectivity index (χ3v) is 23.6. The number of amides is 9. The molecule has 4 aliphatic rings. The van der Waals surface area contributed by atoms with E-state index in [4.69, 9.17) is 40.3 Å². The number of likely N-dealkylation sites (tertiary alicyclic amines) is 2. The first-order valence-electron chi connectivity index (χ1n) is 42.0. The maximum atomic E-state index is 13.8. The Morgan fingerprint density at radius 3 is 1.52 bits per heavy atom. The van der Waals surface area contributed by atoms with Crippen molar-refractivity contribution in [1.82, 2.24) is 98.7 Å². The number of carbonyl (C=O) groups is 9. The molecule has 7 aromatic heterocycles. The summed E-state index contributed by atoms with van der Waals surface area (Å²) in [5, 5.41) is 35.5. The lowest BCUT2D eigenvalue weighted by molar-refractivity contribution is -0.123. The molecule has 0 spiro atoms. The Morgan fingerprint density at radius 1 is 0.492 bits per heavy atom. The van der Waals surface area contributed by atoms with E-state index in [1.165, 1.54) is 72.9 Å². The SMILES string of the molecule is Cc1sc2c(c1C)C(c1ccc(Cl)cc1)=N[C@@H](CC(=O)NC1CCN(CCOCCOCCN3CCC(N4CCN(CCOCCOCCOCCNC(=O)CCNC(=O)c5nc(NC(=O)CCNC(=O)c6cc(NC(=O)c7nc(NC(=O)CCNC(=O)c8cc(NC(=O)c9nccn9C)cn8C)cn7C)cn6C)cn5C)CC4)CC3)CC1)c1nnc(C)n1-2. The molecule has 0 saturated carbocycles. The predicted molar refractivity (Wildman–Crippen MR) is 465 cm³/mol. The van der Waals surface area contributed by atoms with E-state index in [0.717, 1.165) is 118 Å². The van der Waals surface area contributed by atoms with Gasteiger partial charge in [0.15, 0.2) is 23.3 Å². The fourth-order valence-electron chi connectivity index (χ4n) is 15.2. The number of anilines is 4. The number of imidazole rings is 3. The van der Waals surface area contributed by atoms with Crippen LogP contribution in [0.25, 0.3) is 5.00 Å². The van der Waals surface area contributed by atoms with Crippen LogP contribution in [0.1, 0.15) is 143 Å². The molecule has 9 N–H and O–H groups in total. The van der Waals surface area contributed by atoms with Crippen molar-refractivity contribution in [3.8, 4) is 5.00 Å². The molecule has 668 valence electrons. The Bertz CT molecular complexity index is 5020. The number of carbonyl (C=O) groups excluding carboxylic acids is 9. The monoisotopic (exact) mass is 1750 g/mol. The van der Waals surface area contributed by atoms with Crippen molar-refractivity contribution in [2.45, 2.75) is 90.3 Å². The molecular weight excluding hydrogens is 1640 g/mol. The van der Waals surface area contributed by atoms with Gasteiger partial charge in [0.2, 0.25) is 35.3 Å². The highest BCUT2D eigenvalue weighted by Gasteiger charge is 2.35. The number of aromatic nitrogens is 11. The second-order valence-corrected chi connectivity index (χ2v) is 32.7. The van der Waals surface area contributed by atoms with Crippen LogP contribution in [0, 0.1) is 20.8 Å². The molecule has 0 radical (unpaired) electrons. The van der Waals surface area contributed by atoms with Gasteiger partial charge in [-0.1, -0.05) is 23.7 Å². The predicted octanol–water partition coefficient (Wildman–Crippen LogP) is 3.77. The number of hydrogen-bond acceptors (Lipinski definition) is 25. The topological polar surface area (TPSA) is 427 Å². The van der Waals surface area contributed by atoms with Crippen LogP contribution in [0.15, 0.2) is 78.6 Å². The molecule has 4 aliphatic heterocycles. The zero-order valence-electron chi connectivity index (χ0n) is 71.7. The molecule has 11 heterocycles. The van der Waals surface area contributed by atoms with Crippen LogP contribution in [0.4, 0.5) is 23.0 Å². The highest BCUT2D eigenvalue weighted by Crippen LogP contribution is 2.40. The molecule has 0 unspecified atom stereocenters. The largest absolute Gasteiger partial charge is 0.378 e.